The molecule has 0 aliphatic carbocycles. The van der Waals surface area contributed by atoms with E-state index in [-0.39, 0.29) is 18.1 Å². The zero-order valence-corrected chi connectivity index (χ0v) is 14.6. The van der Waals surface area contributed by atoms with Gasteiger partial charge in [0.05, 0.1) is 11.3 Å². The monoisotopic (exact) mass is 364 g/mol. The van der Waals surface area contributed by atoms with Crippen molar-refractivity contribution in [2.45, 2.75) is 26.9 Å². The number of benzene rings is 2. The van der Waals surface area contributed by atoms with E-state index in [0.717, 1.165) is 17.2 Å². The van der Waals surface area contributed by atoms with Crippen LogP contribution in [0.4, 0.5) is 24.5 Å². The molecule has 26 heavy (non-hydrogen) atoms. The van der Waals surface area contributed by atoms with Gasteiger partial charge in [-0.3, -0.25) is 9.59 Å². The Morgan fingerprint density at radius 2 is 1.69 bits per heavy atom. The van der Waals surface area contributed by atoms with Crippen molar-refractivity contribution in [3.05, 3.63) is 59.2 Å². The predicted octanol–water partition coefficient (Wildman–Crippen LogP) is 4.31. The average molecular weight is 364 g/mol. The molecule has 2 amide bonds. The average Bonchev–Trinajstić information content (AvgIpc) is 2.54. The third-order valence-electron chi connectivity index (χ3n) is 3.99. The fraction of sp³-hybridized carbons (Fsp3) is 0.263. The van der Waals surface area contributed by atoms with Crippen LogP contribution in [0.3, 0.4) is 0 Å². The van der Waals surface area contributed by atoms with Crippen molar-refractivity contribution in [2.24, 2.45) is 0 Å². The minimum atomic E-state index is -4.59. The summed E-state index contributed by atoms with van der Waals surface area (Å²) in [6.45, 7) is 4.70. The molecule has 1 N–H and O–H groups in total. The Morgan fingerprint density at radius 3 is 2.27 bits per heavy atom. The van der Waals surface area contributed by atoms with Crippen molar-refractivity contribution in [1.29, 1.82) is 0 Å². The van der Waals surface area contributed by atoms with Gasteiger partial charge < -0.3 is 10.2 Å². The van der Waals surface area contributed by atoms with Gasteiger partial charge in [-0.2, -0.15) is 13.2 Å². The van der Waals surface area contributed by atoms with E-state index >= 15 is 0 Å². The maximum atomic E-state index is 13.0. The quantitative estimate of drug-likeness (QED) is 0.879. The summed E-state index contributed by atoms with van der Waals surface area (Å²) in [6.07, 6.45) is -4.59. The molecule has 0 fully saturated rings. The number of carbonyl (C=O) groups excluding carboxylic acids is 2. The SMILES string of the molecule is CC(=O)N(CC(=O)Nc1ccccc1C(F)(F)F)c1ccc(C)c(C)c1. The lowest BCUT2D eigenvalue weighted by Crippen LogP contribution is -2.37. The highest BCUT2D eigenvalue weighted by Gasteiger charge is 2.33. The molecule has 7 heteroatoms. The lowest BCUT2D eigenvalue weighted by Gasteiger charge is -2.22. The summed E-state index contributed by atoms with van der Waals surface area (Å²) < 4.78 is 39.1. The van der Waals surface area contributed by atoms with Crippen molar-refractivity contribution in [3.63, 3.8) is 0 Å². The minimum absolute atomic E-state index is 0.339. The minimum Gasteiger partial charge on any atom is -0.324 e. The van der Waals surface area contributed by atoms with E-state index in [9.17, 15) is 22.8 Å². The third-order valence-corrected chi connectivity index (χ3v) is 3.99. The van der Waals surface area contributed by atoms with Gasteiger partial charge in [0, 0.05) is 12.6 Å². The maximum absolute atomic E-state index is 13.0. The van der Waals surface area contributed by atoms with E-state index in [1.165, 1.54) is 30.0 Å². The van der Waals surface area contributed by atoms with Gasteiger partial charge in [-0.05, 0) is 49.2 Å². The molecule has 0 atom stereocenters. The Bertz CT molecular complexity index is 832. The topological polar surface area (TPSA) is 49.4 Å². The van der Waals surface area contributed by atoms with E-state index in [1.807, 2.05) is 19.9 Å². The summed E-state index contributed by atoms with van der Waals surface area (Å²) in [4.78, 5) is 25.4. The highest BCUT2D eigenvalue weighted by molar-refractivity contribution is 6.02. The molecule has 0 aliphatic rings. The van der Waals surface area contributed by atoms with Crippen LogP contribution >= 0.6 is 0 Å². The van der Waals surface area contributed by atoms with Crippen LogP contribution in [0.15, 0.2) is 42.5 Å². The number of hydrogen-bond acceptors (Lipinski definition) is 2. The first-order valence-electron chi connectivity index (χ1n) is 7.91. The molecule has 2 aromatic carbocycles. The summed E-state index contributed by atoms with van der Waals surface area (Å²) >= 11 is 0. The van der Waals surface area contributed by atoms with E-state index < -0.39 is 17.6 Å². The molecule has 0 aliphatic heterocycles. The van der Waals surface area contributed by atoms with Crippen molar-refractivity contribution < 1.29 is 22.8 Å². The Morgan fingerprint density at radius 1 is 1.04 bits per heavy atom. The highest BCUT2D eigenvalue weighted by Crippen LogP contribution is 2.34. The fourth-order valence-electron chi connectivity index (χ4n) is 2.45. The first kappa shape index (κ1) is 19.5. The standard InChI is InChI=1S/C19H19F3N2O2/c1-12-8-9-15(10-13(12)2)24(14(3)25)11-18(26)23-17-7-5-4-6-16(17)19(20,21)22/h4-10H,11H2,1-3H3,(H,23,26). The third kappa shape index (κ3) is 4.62. The van der Waals surface area contributed by atoms with Crippen LogP contribution in [-0.2, 0) is 15.8 Å². The zero-order chi connectivity index (χ0) is 19.5. The molecule has 0 saturated heterocycles. The van der Waals surface area contributed by atoms with Gasteiger partial charge in [-0.1, -0.05) is 18.2 Å². The molecule has 0 heterocycles. The largest absolute Gasteiger partial charge is 0.418 e. The number of rotatable bonds is 4. The van der Waals surface area contributed by atoms with E-state index in [4.69, 9.17) is 0 Å². The number of halogens is 3. The summed E-state index contributed by atoms with van der Waals surface area (Å²) in [6, 6.07) is 9.98. The Labute approximate surface area is 149 Å². The molecule has 0 spiro atoms. The van der Waals surface area contributed by atoms with Crippen LogP contribution in [0.1, 0.15) is 23.6 Å². The summed E-state index contributed by atoms with van der Waals surface area (Å²) in [5.41, 5.74) is 1.21. The number of para-hydroxylation sites is 1. The molecular weight excluding hydrogens is 345 g/mol. The van der Waals surface area contributed by atoms with Crippen molar-refractivity contribution >= 4 is 23.2 Å². The van der Waals surface area contributed by atoms with Crippen molar-refractivity contribution in [2.75, 3.05) is 16.8 Å². The molecular formula is C19H19F3N2O2. The van der Waals surface area contributed by atoms with E-state index in [2.05, 4.69) is 5.32 Å². The Balaban J connectivity index is 2.22. The molecule has 4 nitrogen and oxygen atoms in total. The molecule has 0 aromatic heterocycles. The number of hydrogen-bond donors (Lipinski definition) is 1. The predicted molar refractivity (Wildman–Crippen MR) is 94.0 cm³/mol. The van der Waals surface area contributed by atoms with Crippen LogP contribution in [0.5, 0.6) is 0 Å². The normalized spacial score (nSPS) is 11.2. The first-order chi connectivity index (χ1) is 12.1. The lowest BCUT2D eigenvalue weighted by atomic mass is 10.1. The van der Waals surface area contributed by atoms with Gasteiger partial charge in [0.15, 0.2) is 0 Å². The zero-order valence-electron chi connectivity index (χ0n) is 14.6. The second-order valence-electron chi connectivity index (χ2n) is 5.97. The maximum Gasteiger partial charge on any atom is 0.418 e. The van der Waals surface area contributed by atoms with Gasteiger partial charge in [-0.15, -0.1) is 0 Å². The first-order valence-corrected chi connectivity index (χ1v) is 7.91. The Kier molecular flexibility index (Phi) is 5.69. The number of aryl methyl sites for hydroxylation is 2. The van der Waals surface area contributed by atoms with Gasteiger partial charge in [0.2, 0.25) is 11.8 Å². The summed E-state index contributed by atoms with van der Waals surface area (Å²) in [5, 5.41) is 2.25. The van der Waals surface area contributed by atoms with Gasteiger partial charge in [-0.25, -0.2) is 0 Å². The highest BCUT2D eigenvalue weighted by atomic mass is 19.4. The molecule has 0 saturated carbocycles. The number of carbonyl (C=O) groups is 2. The van der Waals surface area contributed by atoms with Gasteiger partial charge in [0.25, 0.3) is 0 Å². The van der Waals surface area contributed by atoms with Gasteiger partial charge in [0.1, 0.15) is 6.54 Å². The number of nitrogens with one attached hydrogen (secondary N) is 1. The van der Waals surface area contributed by atoms with E-state index in [1.54, 1.807) is 12.1 Å². The van der Waals surface area contributed by atoms with Crippen LogP contribution in [0.25, 0.3) is 0 Å². The van der Waals surface area contributed by atoms with Gasteiger partial charge >= 0.3 is 6.18 Å². The molecule has 0 bridgehead atoms. The molecule has 138 valence electrons. The Hall–Kier alpha value is -2.83. The smallest absolute Gasteiger partial charge is 0.324 e. The number of amides is 2. The van der Waals surface area contributed by atoms with Crippen LogP contribution in [-0.4, -0.2) is 18.4 Å². The fourth-order valence-corrected chi connectivity index (χ4v) is 2.45. The lowest BCUT2D eigenvalue weighted by molar-refractivity contribution is -0.137. The molecule has 2 aromatic rings. The number of nitrogens with zero attached hydrogens (tertiary/aromatic N) is 1. The second-order valence-corrected chi connectivity index (χ2v) is 5.97. The molecule has 2 rings (SSSR count). The number of anilines is 2. The van der Waals surface area contributed by atoms with E-state index in [0.29, 0.717) is 5.69 Å². The van der Waals surface area contributed by atoms with Crippen molar-refractivity contribution in [3.8, 4) is 0 Å². The molecule has 0 unspecified atom stereocenters. The number of alkyl halides is 3. The van der Waals surface area contributed by atoms with Crippen molar-refractivity contribution in [1.82, 2.24) is 0 Å². The second kappa shape index (κ2) is 7.59. The van der Waals surface area contributed by atoms with Crippen LogP contribution in [0, 0.1) is 13.8 Å². The summed E-state index contributed by atoms with van der Waals surface area (Å²) in [7, 11) is 0. The summed E-state index contributed by atoms with van der Waals surface area (Å²) in [5.74, 6) is -1.09. The molecule has 0 radical (unpaired) electrons. The van der Waals surface area contributed by atoms with Crippen LogP contribution in [0.2, 0.25) is 0 Å². The van der Waals surface area contributed by atoms with Crippen LogP contribution < -0.4 is 10.2 Å².